The van der Waals surface area contributed by atoms with Crippen molar-refractivity contribution in [3.8, 4) is 34.3 Å². The van der Waals surface area contributed by atoms with Crippen molar-refractivity contribution in [2.45, 2.75) is 13.5 Å². The molecule has 176 valence electrons. The Kier molecular flexibility index (Phi) is 6.67. The lowest BCUT2D eigenvalue weighted by molar-refractivity contribution is 0.101. The van der Waals surface area contributed by atoms with Gasteiger partial charge in [0.15, 0.2) is 11.4 Å². The minimum atomic E-state index is -0.161. The number of hydrogen-bond acceptors (Lipinski definition) is 3. The van der Waals surface area contributed by atoms with Gasteiger partial charge in [-0.15, -0.1) is 0 Å². The number of carbonyl (C=O) groups is 1. The predicted molar refractivity (Wildman–Crippen MR) is 145 cm³/mol. The Morgan fingerprint density at radius 1 is 0.861 bits per heavy atom. The van der Waals surface area contributed by atoms with Gasteiger partial charge in [-0.1, -0.05) is 83.6 Å². The van der Waals surface area contributed by atoms with Gasteiger partial charge in [0.1, 0.15) is 5.76 Å². The molecule has 5 heteroatoms. The molecule has 0 atom stereocenters. The summed E-state index contributed by atoms with van der Waals surface area (Å²) < 4.78 is 6.48. The molecule has 0 aliphatic carbocycles. The monoisotopic (exact) mass is 510 g/mol. The molecular weight excluding hydrogens is 491 g/mol. The minimum Gasteiger partial charge on any atom is -0.454 e. The highest BCUT2D eigenvalue weighted by Crippen LogP contribution is 2.44. The molecule has 0 saturated carbocycles. The summed E-state index contributed by atoms with van der Waals surface area (Å²) in [6, 6.07) is 25.9. The summed E-state index contributed by atoms with van der Waals surface area (Å²) in [5.41, 5.74) is 5.60. The summed E-state index contributed by atoms with van der Waals surface area (Å²) >= 11 is 12.9. The molecule has 0 spiro atoms. The van der Waals surface area contributed by atoms with E-state index in [1.54, 1.807) is 18.2 Å². The number of benzene rings is 4. The molecule has 5 aromatic rings. The Bertz CT molecular complexity index is 1670. The number of carbonyl (C=O) groups excluding carboxylic acids is 1. The van der Waals surface area contributed by atoms with E-state index >= 15 is 0 Å². The molecule has 0 fully saturated rings. The zero-order chi connectivity index (χ0) is 25.2. The molecule has 1 N–H and O–H groups in total. The first-order chi connectivity index (χ1) is 17.5. The van der Waals surface area contributed by atoms with E-state index in [1.807, 2.05) is 66.7 Å². The molecule has 0 amide bonds. The van der Waals surface area contributed by atoms with E-state index in [4.69, 9.17) is 27.6 Å². The second-order valence-electron chi connectivity index (χ2n) is 8.33. The highest BCUT2D eigenvalue weighted by Gasteiger charge is 2.22. The third-order valence-electron chi connectivity index (χ3n) is 5.94. The van der Waals surface area contributed by atoms with Gasteiger partial charge in [0.05, 0.1) is 22.2 Å². The van der Waals surface area contributed by atoms with E-state index in [9.17, 15) is 9.90 Å². The van der Waals surface area contributed by atoms with Crippen molar-refractivity contribution in [2.75, 3.05) is 0 Å². The fourth-order valence-electron chi connectivity index (χ4n) is 4.13. The summed E-state index contributed by atoms with van der Waals surface area (Å²) in [4.78, 5) is 11.8. The second-order valence-corrected chi connectivity index (χ2v) is 9.14. The normalized spacial score (nSPS) is 10.8. The van der Waals surface area contributed by atoms with Gasteiger partial charge < -0.3 is 9.52 Å². The SMILES string of the molecule is CC(=O)c1ccc(-c2c(-c3ccccc3Cl)oc3c(C#Cc4ccccc4Cl)cc(CO)cc23)cc1. The fraction of sp³-hybridized carbons (Fsp3) is 0.0645. The molecular formula is C31H20Cl2O3. The number of halogens is 2. The van der Waals surface area contributed by atoms with Crippen LogP contribution in [0.3, 0.4) is 0 Å². The van der Waals surface area contributed by atoms with E-state index in [0.717, 1.165) is 22.1 Å². The highest BCUT2D eigenvalue weighted by molar-refractivity contribution is 6.33. The van der Waals surface area contributed by atoms with Crippen LogP contribution in [-0.4, -0.2) is 10.9 Å². The van der Waals surface area contributed by atoms with Crippen LogP contribution in [0.1, 0.15) is 34.0 Å². The Labute approximate surface area is 218 Å². The van der Waals surface area contributed by atoms with Gasteiger partial charge in [-0.05, 0) is 54.4 Å². The number of aliphatic hydroxyl groups excluding tert-OH is 1. The lowest BCUT2D eigenvalue weighted by Crippen LogP contribution is -1.91. The Hall–Kier alpha value is -3.81. The van der Waals surface area contributed by atoms with Crippen LogP contribution in [-0.2, 0) is 6.61 Å². The number of ketones is 1. The van der Waals surface area contributed by atoms with E-state index < -0.39 is 0 Å². The van der Waals surface area contributed by atoms with Gasteiger partial charge in [0.2, 0.25) is 0 Å². The molecule has 0 saturated heterocycles. The van der Waals surface area contributed by atoms with Crippen LogP contribution in [0, 0.1) is 11.8 Å². The molecule has 0 bridgehead atoms. The zero-order valence-corrected chi connectivity index (χ0v) is 20.8. The average molecular weight is 511 g/mol. The van der Waals surface area contributed by atoms with Crippen LogP contribution in [0.4, 0.5) is 0 Å². The minimum absolute atomic E-state index is 0.00960. The largest absolute Gasteiger partial charge is 0.454 e. The van der Waals surface area contributed by atoms with Crippen LogP contribution in [0.25, 0.3) is 33.4 Å². The molecule has 1 heterocycles. The van der Waals surface area contributed by atoms with Gasteiger partial charge in [-0.3, -0.25) is 4.79 Å². The Morgan fingerprint density at radius 3 is 2.19 bits per heavy atom. The van der Waals surface area contributed by atoms with Crippen molar-refractivity contribution in [3.05, 3.63) is 117 Å². The van der Waals surface area contributed by atoms with Crippen LogP contribution in [0.15, 0.2) is 89.3 Å². The Morgan fingerprint density at radius 2 is 1.53 bits per heavy atom. The zero-order valence-electron chi connectivity index (χ0n) is 19.3. The average Bonchev–Trinajstić information content (AvgIpc) is 3.27. The molecule has 3 nitrogen and oxygen atoms in total. The van der Waals surface area contributed by atoms with Gasteiger partial charge in [0, 0.05) is 27.6 Å². The summed E-state index contributed by atoms with van der Waals surface area (Å²) in [6.45, 7) is 1.38. The molecule has 36 heavy (non-hydrogen) atoms. The van der Waals surface area contributed by atoms with Crippen LogP contribution >= 0.6 is 23.2 Å². The first kappa shape index (κ1) is 23.9. The molecule has 1 aromatic heterocycles. The van der Waals surface area contributed by atoms with Crippen molar-refractivity contribution in [2.24, 2.45) is 0 Å². The maximum absolute atomic E-state index is 11.8. The van der Waals surface area contributed by atoms with E-state index in [2.05, 4.69) is 11.8 Å². The predicted octanol–water partition coefficient (Wildman–Crippen LogP) is 8.17. The number of aliphatic hydroxyl groups is 1. The first-order valence-electron chi connectivity index (χ1n) is 11.3. The van der Waals surface area contributed by atoms with Gasteiger partial charge in [-0.25, -0.2) is 0 Å². The quantitative estimate of drug-likeness (QED) is 0.196. The van der Waals surface area contributed by atoms with Crippen LogP contribution < -0.4 is 0 Å². The third-order valence-corrected chi connectivity index (χ3v) is 6.60. The van der Waals surface area contributed by atoms with E-state index in [1.165, 1.54) is 6.92 Å². The van der Waals surface area contributed by atoms with Crippen molar-refractivity contribution >= 4 is 40.0 Å². The number of hydrogen-bond donors (Lipinski definition) is 1. The molecule has 0 aliphatic rings. The standard InChI is InChI=1S/C31H20Cl2O3/c1-19(35)21-10-13-23(14-11-21)29-26-17-20(18-34)16-24(15-12-22-6-2-4-8-27(22)32)30(26)36-31(29)25-7-3-5-9-28(25)33/h2-11,13-14,16-17,34H,18H2,1H3. The lowest BCUT2D eigenvalue weighted by atomic mass is 9.95. The van der Waals surface area contributed by atoms with Gasteiger partial charge in [-0.2, -0.15) is 0 Å². The molecule has 0 aliphatic heterocycles. The Balaban J connectivity index is 1.81. The fourth-order valence-corrected chi connectivity index (χ4v) is 4.54. The smallest absolute Gasteiger partial charge is 0.159 e. The van der Waals surface area contributed by atoms with Gasteiger partial charge >= 0.3 is 0 Å². The lowest BCUT2D eigenvalue weighted by Gasteiger charge is -2.07. The topological polar surface area (TPSA) is 50.4 Å². The summed E-state index contributed by atoms with van der Waals surface area (Å²) in [6.07, 6.45) is 0. The van der Waals surface area contributed by atoms with Gasteiger partial charge in [0.25, 0.3) is 0 Å². The second kappa shape index (κ2) is 10.0. The number of fused-ring (bicyclic) bond motifs is 1. The number of Topliss-reactive ketones (excluding diaryl/α,β-unsaturated/α-hetero) is 1. The maximum atomic E-state index is 11.8. The molecule has 0 unspecified atom stereocenters. The summed E-state index contributed by atoms with van der Waals surface area (Å²) in [5.74, 6) is 6.89. The summed E-state index contributed by atoms with van der Waals surface area (Å²) in [7, 11) is 0. The molecule has 5 rings (SSSR count). The maximum Gasteiger partial charge on any atom is 0.159 e. The summed E-state index contributed by atoms with van der Waals surface area (Å²) in [5, 5.41) is 11.9. The molecule has 4 aromatic carbocycles. The van der Waals surface area contributed by atoms with Crippen molar-refractivity contribution in [3.63, 3.8) is 0 Å². The van der Waals surface area contributed by atoms with E-state index in [-0.39, 0.29) is 12.4 Å². The van der Waals surface area contributed by atoms with Crippen molar-refractivity contribution in [1.29, 1.82) is 0 Å². The van der Waals surface area contributed by atoms with E-state index in [0.29, 0.717) is 43.6 Å². The van der Waals surface area contributed by atoms with Crippen molar-refractivity contribution in [1.82, 2.24) is 0 Å². The third kappa shape index (κ3) is 4.55. The molecule has 0 radical (unpaired) electrons. The van der Waals surface area contributed by atoms with Crippen LogP contribution in [0.5, 0.6) is 0 Å². The highest BCUT2D eigenvalue weighted by atomic mass is 35.5. The first-order valence-corrected chi connectivity index (χ1v) is 12.0. The van der Waals surface area contributed by atoms with Crippen molar-refractivity contribution < 1.29 is 14.3 Å². The number of furan rings is 1. The van der Waals surface area contributed by atoms with Crippen LogP contribution in [0.2, 0.25) is 10.0 Å². The number of rotatable bonds is 4.